The van der Waals surface area contributed by atoms with Gasteiger partial charge in [0.05, 0.1) is 4.90 Å². The molecule has 0 spiro atoms. The molecule has 2 aliphatic rings. The molecule has 1 aliphatic heterocycles. The summed E-state index contributed by atoms with van der Waals surface area (Å²) in [6.45, 7) is 2.07. The van der Waals surface area contributed by atoms with E-state index >= 15 is 0 Å². The zero-order chi connectivity index (χ0) is 19.0. The maximum absolute atomic E-state index is 12.8. The Morgan fingerprint density at radius 3 is 2.52 bits per heavy atom. The fourth-order valence-electron chi connectivity index (χ4n) is 3.64. The number of anilines is 1. The standard InChI is InChI=1S/C21H24N2O3S/c1-15-14-17-4-2-3-5-20(17)23(15)21(24)13-8-16-6-11-19(12-7-16)27(25,26)22-18-9-10-18/h2-7,11-12,15,18,22H,8-10,13-14H2,1H3/t15-/m0/s1. The van der Waals surface area contributed by atoms with Gasteiger partial charge in [0.15, 0.2) is 0 Å². The molecule has 1 fully saturated rings. The summed E-state index contributed by atoms with van der Waals surface area (Å²) >= 11 is 0. The van der Waals surface area contributed by atoms with Crippen molar-refractivity contribution in [3.8, 4) is 0 Å². The van der Waals surface area contributed by atoms with Gasteiger partial charge in [-0.05, 0) is 61.9 Å². The number of aryl methyl sites for hydroxylation is 1. The van der Waals surface area contributed by atoms with Gasteiger partial charge >= 0.3 is 0 Å². The van der Waals surface area contributed by atoms with Crippen molar-refractivity contribution >= 4 is 21.6 Å². The van der Waals surface area contributed by atoms with E-state index in [-0.39, 0.29) is 22.9 Å². The number of amides is 1. The fourth-order valence-corrected chi connectivity index (χ4v) is 4.95. The largest absolute Gasteiger partial charge is 0.309 e. The summed E-state index contributed by atoms with van der Waals surface area (Å²) in [6, 6.07) is 15.2. The SMILES string of the molecule is C[C@H]1Cc2ccccc2N1C(=O)CCc1ccc(S(=O)(=O)NC2CC2)cc1. The van der Waals surface area contributed by atoms with Crippen LogP contribution in [-0.4, -0.2) is 26.4 Å². The quantitative estimate of drug-likeness (QED) is 0.832. The Morgan fingerprint density at radius 2 is 1.81 bits per heavy atom. The van der Waals surface area contributed by atoms with Crippen molar-refractivity contribution in [2.24, 2.45) is 0 Å². The number of nitrogens with zero attached hydrogens (tertiary/aromatic N) is 1. The van der Waals surface area contributed by atoms with Crippen LogP contribution in [0.15, 0.2) is 53.4 Å². The molecular weight excluding hydrogens is 360 g/mol. The number of hydrogen-bond acceptors (Lipinski definition) is 3. The molecule has 2 aromatic rings. The Bertz CT molecular complexity index is 950. The molecule has 0 radical (unpaired) electrons. The normalized spacial score (nSPS) is 19.1. The summed E-state index contributed by atoms with van der Waals surface area (Å²) in [5, 5.41) is 0. The maximum Gasteiger partial charge on any atom is 0.240 e. The Morgan fingerprint density at radius 1 is 1.11 bits per heavy atom. The number of benzene rings is 2. The number of para-hydroxylation sites is 1. The number of carbonyl (C=O) groups is 1. The van der Waals surface area contributed by atoms with Gasteiger partial charge in [0.1, 0.15) is 0 Å². The third-order valence-corrected chi connectivity index (χ3v) is 6.77. The van der Waals surface area contributed by atoms with E-state index in [2.05, 4.69) is 17.7 Å². The first-order chi connectivity index (χ1) is 12.9. The van der Waals surface area contributed by atoms with E-state index < -0.39 is 10.0 Å². The van der Waals surface area contributed by atoms with Crippen LogP contribution in [0.1, 0.15) is 37.3 Å². The van der Waals surface area contributed by atoms with Crippen LogP contribution in [0.5, 0.6) is 0 Å². The Labute approximate surface area is 160 Å². The van der Waals surface area contributed by atoms with Crippen LogP contribution in [-0.2, 0) is 27.7 Å². The summed E-state index contributed by atoms with van der Waals surface area (Å²) in [5.41, 5.74) is 3.20. The van der Waals surface area contributed by atoms with Crippen LogP contribution < -0.4 is 9.62 Å². The number of hydrogen-bond donors (Lipinski definition) is 1. The lowest BCUT2D eigenvalue weighted by molar-refractivity contribution is -0.118. The molecule has 27 heavy (non-hydrogen) atoms. The zero-order valence-corrected chi connectivity index (χ0v) is 16.2. The first-order valence-electron chi connectivity index (χ1n) is 9.45. The molecule has 0 aromatic heterocycles. The molecule has 1 amide bonds. The van der Waals surface area contributed by atoms with E-state index in [1.54, 1.807) is 24.3 Å². The van der Waals surface area contributed by atoms with Crippen LogP contribution >= 0.6 is 0 Å². The molecule has 5 nitrogen and oxygen atoms in total. The second-order valence-electron chi connectivity index (χ2n) is 7.49. The van der Waals surface area contributed by atoms with Gasteiger partial charge in [0.25, 0.3) is 0 Å². The summed E-state index contributed by atoms with van der Waals surface area (Å²) in [4.78, 5) is 14.9. The van der Waals surface area contributed by atoms with E-state index in [1.165, 1.54) is 5.56 Å². The van der Waals surface area contributed by atoms with Crippen molar-refractivity contribution in [2.75, 3.05) is 4.90 Å². The number of sulfonamides is 1. The van der Waals surface area contributed by atoms with Crippen LogP contribution in [0, 0.1) is 0 Å². The third kappa shape index (κ3) is 3.92. The van der Waals surface area contributed by atoms with E-state index in [9.17, 15) is 13.2 Å². The number of nitrogens with one attached hydrogen (secondary N) is 1. The van der Waals surface area contributed by atoms with Gasteiger partial charge in [-0.25, -0.2) is 13.1 Å². The van der Waals surface area contributed by atoms with Crippen molar-refractivity contribution in [3.63, 3.8) is 0 Å². The predicted octanol–water partition coefficient (Wildman–Crippen LogP) is 3.04. The molecular formula is C21H24N2O3S. The highest BCUT2D eigenvalue weighted by Crippen LogP contribution is 2.32. The molecule has 1 saturated carbocycles. The van der Waals surface area contributed by atoms with Gasteiger partial charge in [0, 0.05) is 24.2 Å². The van der Waals surface area contributed by atoms with Gasteiger partial charge in [-0.2, -0.15) is 0 Å². The van der Waals surface area contributed by atoms with Crippen molar-refractivity contribution in [3.05, 3.63) is 59.7 Å². The van der Waals surface area contributed by atoms with Gasteiger partial charge in [-0.1, -0.05) is 30.3 Å². The van der Waals surface area contributed by atoms with Crippen molar-refractivity contribution in [1.29, 1.82) is 0 Å². The maximum atomic E-state index is 12.8. The second-order valence-corrected chi connectivity index (χ2v) is 9.20. The van der Waals surface area contributed by atoms with E-state index in [4.69, 9.17) is 0 Å². The lowest BCUT2D eigenvalue weighted by Crippen LogP contribution is -2.35. The van der Waals surface area contributed by atoms with Crippen molar-refractivity contribution in [1.82, 2.24) is 4.72 Å². The minimum atomic E-state index is -3.42. The summed E-state index contributed by atoms with van der Waals surface area (Å²) < 4.78 is 27.1. The number of rotatable bonds is 6. The van der Waals surface area contributed by atoms with E-state index in [0.29, 0.717) is 12.8 Å². The van der Waals surface area contributed by atoms with Gasteiger partial charge in [-0.3, -0.25) is 4.79 Å². The van der Waals surface area contributed by atoms with Crippen LogP contribution in [0.25, 0.3) is 0 Å². The topological polar surface area (TPSA) is 66.5 Å². The lowest BCUT2D eigenvalue weighted by atomic mass is 10.1. The summed E-state index contributed by atoms with van der Waals surface area (Å²) in [6.07, 6.45) is 3.73. The molecule has 1 atom stereocenters. The van der Waals surface area contributed by atoms with Gasteiger partial charge in [0.2, 0.25) is 15.9 Å². The fraction of sp³-hybridized carbons (Fsp3) is 0.381. The molecule has 4 rings (SSSR count). The highest BCUT2D eigenvalue weighted by atomic mass is 32.2. The zero-order valence-electron chi connectivity index (χ0n) is 15.4. The molecule has 1 N–H and O–H groups in total. The summed E-state index contributed by atoms with van der Waals surface area (Å²) in [5.74, 6) is 0.111. The monoisotopic (exact) mass is 384 g/mol. The minimum Gasteiger partial charge on any atom is -0.309 e. The molecule has 0 bridgehead atoms. The van der Waals surface area contributed by atoms with E-state index in [0.717, 1.165) is 30.5 Å². The molecule has 0 unspecified atom stereocenters. The van der Waals surface area contributed by atoms with E-state index in [1.807, 2.05) is 23.1 Å². The molecule has 142 valence electrons. The summed E-state index contributed by atoms with van der Waals surface area (Å²) in [7, 11) is -3.42. The molecule has 1 aliphatic carbocycles. The molecule has 2 aromatic carbocycles. The Balaban J connectivity index is 1.39. The second kappa shape index (κ2) is 7.09. The molecule has 1 heterocycles. The van der Waals surface area contributed by atoms with Crippen LogP contribution in [0.4, 0.5) is 5.69 Å². The first kappa shape index (κ1) is 18.2. The third-order valence-electron chi connectivity index (χ3n) is 5.24. The van der Waals surface area contributed by atoms with Crippen molar-refractivity contribution in [2.45, 2.75) is 56.0 Å². The van der Waals surface area contributed by atoms with Crippen LogP contribution in [0.2, 0.25) is 0 Å². The predicted molar refractivity (Wildman–Crippen MR) is 105 cm³/mol. The first-order valence-corrected chi connectivity index (χ1v) is 10.9. The molecule has 0 saturated heterocycles. The number of carbonyl (C=O) groups excluding carboxylic acids is 1. The van der Waals surface area contributed by atoms with Gasteiger partial charge < -0.3 is 4.90 Å². The minimum absolute atomic E-state index is 0.0950. The lowest BCUT2D eigenvalue weighted by Gasteiger charge is -2.22. The smallest absolute Gasteiger partial charge is 0.240 e. The number of fused-ring (bicyclic) bond motifs is 1. The Hall–Kier alpha value is -2.18. The molecule has 6 heteroatoms. The van der Waals surface area contributed by atoms with Gasteiger partial charge in [-0.15, -0.1) is 0 Å². The highest BCUT2D eigenvalue weighted by Gasteiger charge is 2.30. The average molecular weight is 385 g/mol. The van der Waals surface area contributed by atoms with Crippen molar-refractivity contribution < 1.29 is 13.2 Å². The average Bonchev–Trinajstić information content (AvgIpc) is 3.38. The Kier molecular flexibility index (Phi) is 4.78. The van der Waals surface area contributed by atoms with Crippen LogP contribution in [0.3, 0.4) is 0 Å². The highest BCUT2D eigenvalue weighted by molar-refractivity contribution is 7.89.